The van der Waals surface area contributed by atoms with Gasteiger partial charge in [-0.15, -0.1) is 11.3 Å². The first-order valence-corrected chi connectivity index (χ1v) is 8.20. The molecule has 1 aromatic carbocycles. The SMILES string of the molecule is CCNC(c1ccc(C)cc1C)c1cc(Br)sc1C. The third kappa shape index (κ3) is 3.28. The molecule has 1 aromatic heterocycles. The second-order valence-electron chi connectivity index (χ2n) is 4.91. The molecule has 1 nitrogen and oxygen atoms in total. The summed E-state index contributed by atoms with van der Waals surface area (Å²) in [6.07, 6.45) is 0. The van der Waals surface area contributed by atoms with E-state index < -0.39 is 0 Å². The van der Waals surface area contributed by atoms with Crippen molar-refractivity contribution in [3.63, 3.8) is 0 Å². The molecule has 2 aromatic rings. The Morgan fingerprint density at radius 1 is 1.16 bits per heavy atom. The molecule has 19 heavy (non-hydrogen) atoms. The Balaban J connectivity index is 2.48. The standard InChI is InChI=1S/C16H20BrNS/c1-5-18-16(14-9-15(17)19-12(14)4)13-7-6-10(2)8-11(13)3/h6-9,16,18H,5H2,1-4H3. The maximum atomic E-state index is 3.62. The van der Waals surface area contributed by atoms with E-state index >= 15 is 0 Å². The Labute approximate surface area is 128 Å². The largest absolute Gasteiger partial charge is 0.306 e. The van der Waals surface area contributed by atoms with Crippen molar-refractivity contribution in [2.45, 2.75) is 33.7 Å². The van der Waals surface area contributed by atoms with E-state index in [0.29, 0.717) is 0 Å². The van der Waals surface area contributed by atoms with Gasteiger partial charge in [0.25, 0.3) is 0 Å². The zero-order chi connectivity index (χ0) is 14.0. The summed E-state index contributed by atoms with van der Waals surface area (Å²) in [6, 6.07) is 9.24. The van der Waals surface area contributed by atoms with E-state index in [1.807, 2.05) is 0 Å². The molecule has 1 heterocycles. The van der Waals surface area contributed by atoms with E-state index in [4.69, 9.17) is 0 Å². The van der Waals surface area contributed by atoms with E-state index in [2.05, 4.69) is 73.2 Å². The summed E-state index contributed by atoms with van der Waals surface area (Å²) in [5.41, 5.74) is 5.43. The van der Waals surface area contributed by atoms with Gasteiger partial charge in [0, 0.05) is 4.88 Å². The van der Waals surface area contributed by atoms with Gasteiger partial charge in [0.05, 0.1) is 9.83 Å². The Bertz CT molecular complexity index is 574. The molecular formula is C16H20BrNS. The van der Waals surface area contributed by atoms with Crippen LogP contribution in [0, 0.1) is 20.8 Å². The molecule has 1 N–H and O–H groups in total. The van der Waals surface area contributed by atoms with Gasteiger partial charge in [0.15, 0.2) is 0 Å². The molecule has 0 spiro atoms. The van der Waals surface area contributed by atoms with Crippen molar-refractivity contribution < 1.29 is 0 Å². The summed E-state index contributed by atoms with van der Waals surface area (Å²) in [5, 5.41) is 3.62. The minimum atomic E-state index is 0.285. The van der Waals surface area contributed by atoms with Gasteiger partial charge in [0.2, 0.25) is 0 Å². The number of halogens is 1. The molecule has 0 aliphatic carbocycles. The fourth-order valence-corrected chi connectivity index (χ4v) is 4.23. The predicted octanol–water partition coefficient (Wildman–Crippen LogP) is 5.13. The van der Waals surface area contributed by atoms with Crippen LogP contribution in [-0.2, 0) is 0 Å². The molecule has 0 aliphatic rings. The van der Waals surface area contributed by atoms with Crippen molar-refractivity contribution in [2.24, 2.45) is 0 Å². The summed E-state index contributed by atoms with van der Waals surface area (Å²) in [4.78, 5) is 1.37. The molecule has 0 saturated carbocycles. The Morgan fingerprint density at radius 3 is 2.42 bits per heavy atom. The third-order valence-electron chi connectivity index (χ3n) is 3.38. The van der Waals surface area contributed by atoms with E-state index in [1.54, 1.807) is 11.3 Å². The summed E-state index contributed by atoms with van der Waals surface area (Å²) in [7, 11) is 0. The highest BCUT2D eigenvalue weighted by Gasteiger charge is 2.19. The number of thiophene rings is 1. The average Bonchev–Trinajstić information content (AvgIpc) is 2.66. The first-order chi connectivity index (χ1) is 9.02. The van der Waals surface area contributed by atoms with E-state index in [-0.39, 0.29) is 6.04 Å². The molecule has 102 valence electrons. The Hall–Kier alpha value is -0.640. The average molecular weight is 338 g/mol. The minimum absolute atomic E-state index is 0.285. The molecule has 0 radical (unpaired) electrons. The number of nitrogens with one attached hydrogen (secondary N) is 1. The van der Waals surface area contributed by atoms with Crippen LogP contribution in [0.25, 0.3) is 0 Å². The summed E-state index contributed by atoms with van der Waals surface area (Å²) in [5.74, 6) is 0. The van der Waals surface area contributed by atoms with Crippen LogP contribution in [0.5, 0.6) is 0 Å². The number of hydrogen-bond acceptors (Lipinski definition) is 2. The fourth-order valence-electron chi connectivity index (χ4n) is 2.49. The quantitative estimate of drug-likeness (QED) is 0.814. The number of aryl methyl sites for hydroxylation is 3. The van der Waals surface area contributed by atoms with Crippen LogP contribution in [0.1, 0.15) is 40.1 Å². The van der Waals surface area contributed by atoms with Crippen LogP contribution in [0.4, 0.5) is 0 Å². The van der Waals surface area contributed by atoms with Crippen LogP contribution in [0.2, 0.25) is 0 Å². The molecule has 2 rings (SSSR count). The lowest BCUT2D eigenvalue weighted by molar-refractivity contribution is 0.627. The lowest BCUT2D eigenvalue weighted by Gasteiger charge is -2.21. The van der Waals surface area contributed by atoms with Crippen molar-refractivity contribution in [2.75, 3.05) is 6.54 Å². The first-order valence-electron chi connectivity index (χ1n) is 6.59. The highest BCUT2D eigenvalue weighted by Crippen LogP contribution is 2.34. The fraction of sp³-hybridized carbons (Fsp3) is 0.375. The van der Waals surface area contributed by atoms with Crippen molar-refractivity contribution in [1.82, 2.24) is 5.32 Å². The lowest BCUT2D eigenvalue weighted by Crippen LogP contribution is -2.23. The van der Waals surface area contributed by atoms with Gasteiger partial charge in [0.1, 0.15) is 0 Å². The van der Waals surface area contributed by atoms with E-state index in [1.165, 1.54) is 30.9 Å². The normalized spacial score (nSPS) is 12.7. The van der Waals surface area contributed by atoms with E-state index in [0.717, 1.165) is 6.54 Å². The van der Waals surface area contributed by atoms with Crippen LogP contribution >= 0.6 is 27.3 Å². The predicted molar refractivity (Wildman–Crippen MR) is 88.2 cm³/mol. The van der Waals surface area contributed by atoms with Gasteiger partial charge >= 0.3 is 0 Å². The van der Waals surface area contributed by atoms with Crippen molar-refractivity contribution >= 4 is 27.3 Å². The van der Waals surface area contributed by atoms with Gasteiger partial charge in [-0.3, -0.25) is 0 Å². The zero-order valence-corrected chi connectivity index (χ0v) is 14.3. The highest BCUT2D eigenvalue weighted by molar-refractivity contribution is 9.11. The van der Waals surface area contributed by atoms with Crippen LogP contribution in [-0.4, -0.2) is 6.54 Å². The number of benzene rings is 1. The third-order valence-corrected chi connectivity index (χ3v) is 4.95. The van der Waals surface area contributed by atoms with Crippen molar-refractivity contribution in [3.8, 4) is 0 Å². The Kier molecular flexibility index (Phi) is 4.82. The van der Waals surface area contributed by atoms with Gasteiger partial charge < -0.3 is 5.32 Å². The van der Waals surface area contributed by atoms with Crippen molar-refractivity contribution in [1.29, 1.82) is 0 Å². The zero-order valence-electron chi connectivity index (χ0n) is 11.9. The molecular weight excluding hydrogens is 318 g/mol. The molecule has 0 aliphatic heterocycles. The lowest BCUT2D eigenvalue weighted by atomic mass is 9.94. The highest BCUT2D eigenvalue weighted by atomic mass is 79.9. The molecule has 0 saturated heterocycles. The van der Waals surface area contributed by atoms with E-state index in [9.17, 15) is 0 Å². The second-order valence-corrected chi connectivity index (χ2v) is 7.55. The minimum Gasteiger partial charge on any atom is -0.306 e. The monoisotopic (exact) mass is 337 g/mol. The summed E-state index contributed by atoms with van der Waals surface area (Å²) >= 11 is 5.40. The summed E-state index contributed by atoms with van der Waals surface area (Å²) < 4.78 is 1.20. The smallest absolute Gasteiger partial charge is 0.0704 e. The van der Waals surface area contributed by atoms with Gasteiger partial charge in [-0.2, -0.15) is 0 Å². The topological polar surface area (TPSA) is 12.0 Å². The molecule has 1 atom stereocenters. The van der Waals surface area contributed by atoms with Gasteiger partial charge in [-0.1, -0.05) is 30.7 Å². The molecule has 0 fully saturated rings. The molecule has 3 heteroatoms. The first kappa shape index (κ1) is 14.8. The molecule has 1 unspecified atom stereocenters. The number of rotatable bonds is 4. The van der Waals surface area contributed by atoms with Crippen LogP contribution in [0.15, 0.2) is 28.1 Å². The van der Waals surface area contributed by atoms with Crippen molar-refractivity contribution in [3.05, 3.63) is 55.2 Å². The maximum absolute atomic E-state index is 3.62. The maximum Gasteiger partial charge on any atom is 0.0704 e. The second kappa shape index (κ2) is 6.21. The van der Waals surface area contributed by atoms with Gasteiger partial charge in [-0.25, -0.2) is 0 Å². The van der Waals surface area contributed by atoms with Crippen LogP contribution in [0.3, 0.4) is 0 Å². The summed E-state index contributed by atoms with van der Waals surface area (Å²) in [6.45, 7) is 9.66. The number of hydrogen-bond donors (Lipinski definition) is 1. The van der Waals surface area contributed by atoms with Crippen LogP contribution < -0.4 is 5.32 Å². The molecule has 0 bridgehead atoms. The Morgan fingerprint density at radius 2 is 1.89 bits per heavy atom. The van der Waals surface area contributed by atoms with Gasteiger partial charge in [-0.05, 0) is 66.0 Å². The molecule has 0 amide bonds.